The van der Waals surface area contributed by atoms with Gasteiger partial charge >= 0.3 is 0 Å². The lowest BCUT2D eigenvalue weighted by Crippen LogP contribution is -2.27. The zero-order chi connectivity index (χ0) is 14.5. The normalized spacial score (nSPS) is 14.3. The second-order valence-corrected chi connectivity index (χ2v) is 5.59. The second kappa shape index (κ2) is 6.71. The highest BCUT2D eigenvalue weighted by atomic mass is 15.1. The third-order valence-corrected chi connectivity index (χ3v) is 3.52. The van der Waals surface area contributed by atoms with Gasteiger partial charge in [-0.05, 0) is 19.8 Å². The minimum atomic E-state index is 0.339. The first-order valence-electron chi connectivity index (χ1n) is 7.43. The molecule has 0 aromatic carbocycles. The van der Waals surface area contributed by atoms with Gasteiger partial charge in [0.05, 0.1) is 24.1 Å². The molecule has 1 aliphatic carbocycles. The van der Waals surface area contributed by atoms with Gasteiger partial charge in [-0.3, -0.25) is 0 Å². The Bertz CT molecular complexity index is 486. The maximum atomic E-state index is 5.45. The van der Waals surface area contributed by atoms with Crippen molar-refractivity contribution in [2.75, 3.05) is 18.0 Å². The van der Waals surface area contributed by atoms with Crippen LogP contribution in [0.1, 0.15) is 51.0 Å². The predicted octanol–water partition coefficient (Wildman–Crippen LogP) is 2.31. The summed E-state index contributed by atoms with van der Waals surface area (Å²) in [7, 11) is 0. The Balaban J connectivity index is 2.24. The molecule has 0 unspecified atom stereocenters. The molecule has 1 fully saturated rings. The van der Waals surface area contributed by atoms with Gasteiger partial charge in [-0.1, -0.05) is 19.8 Å². The summed E-state index contributed by atoms with van der Waals surface area (Å²) in [6, 6.07) is 0.669. The molecule has 0 atom stereocenters. The Kier molecular flexibility index (Phi) is 4.97. The molecule has 0 aliphatic heterocycles. The van der Waals surface area contributed by atoms with Crippen LogP contribution in [0.2, 0.25) is 0 Å². The van der Waals surface area contributed by atoms with Crippen molar-refractivity contribution in [3.8, 4) is 12.3 Å². The van der Waals surface area contributed by atoms with Crippen molar-refractivity contribution in [3.05, 3.63) is 17.7 Å². The van der Waals surface area contributed by atoms with E-state index in [-0.39, 0.29) is 0 Å². The van der Waals surface area contributed by atoms with Crippen LogP contribution in [0, 0.1) is 12.3 Å². The van der Waals surface area contributed by atoms with Gasteiger partial charge in [0.15, 0.2) is 0 Å². The number of rotatable bonds is 7. The van der Waals surface area contributed by atoms with Crippen molar-refractivity contribution in [2.45, 2.75) is 52.1 Å². The quantitative estimate of drug-likeness (QED) is 0.773. The first-order valence-corrected chi connectivity index (χ1v) is 7.43. The lowest BCUT2D eigenvalue weighted by Gasteiger charge is -2.23. The SMILES string of the molecule is C#CCN(CC)c1cnc(C(C)C)nc1CNC1CC1. The summed E-state index contributed by atoms with van der Waals surface area (Å²) in [6.07, 6.45) is 9.93. The number of hydrogen-bond donors (Lipinski definition) is 1. The van der Waals surface area contributed by atoms with Crippen molar-refractivity contribution in [3.63, 3.8) is 0 Å². The number of terminal acetylenes is 1. The predicted molar refractivity (Wildman–Crippen MR) is 82.7 cm³/mol. The average Bonchev–Trinajstić information content (AvgIpc) is 3.26. The van der Waals surface area contributed by atoms with Crippen LogP contribution in [-0.4, -0.2) is 29.1 Å². The van der Waals surface area contributed by atoms with Crippen LogP contribution in [0.25, 0.3) is 0 Å². The zero-order valence-electron chi connectivity index (χ0n) is 12.7. The van der Waals surface area contributed by atoms with Crippen molar-refractivity contribution >= 4 is 5.69 Å². The molecule has 0 saturated heterocycles. The number of hydrogen-bond acceptors (Lipinski definition) is 4. The maximum Gasteiger partial charge on any atom is 0.131 e. The van der Waals surface area contributed by atoms with Crippen LogP contribution >= 0.6 is 0 Å². The van der Waals surface area contributed by atoms with E-state index in [0.29, 0.717) is 18.5 Å². The number of aromatic nitrogens is 2. The Labute approximate surface area is 122 Å². The summed E-state index contributed by atoms with van der Waals surface area (Å²) < 4.78 is 0. The Morgan fingerprint density at radius 1 is 1.50 bits per heavy atom. The molecule has 0 radical (unpaired) electrons. The van der Waals surface area contributed by atoms with Gasteiger partial charge in [0.25, 0.3) is 0 Å². The monoisotopic (exact) mass is 272 g/mol. The first kappa shape index (κ1) is 14.8. The van der Waals surface area contributed by atoms with Crippen LogP contribution < -0.4 is 10.2 Å². The molecule has 1 aromatic heterocycles. The van der Waals surface area contributed by atoms with Crippen LogP contribution in [-0.2, 0) is 6.54 Å². The van der Waals surface area contributed by atoms with Crippen molar-refractivity contribution in [2.24, 2.45) is 0 Å². The molecule has 0 bridgehead atoms. The topological polar surface area (TPSA) is 41.1 Å². The van der Waals surface area contributed by atoms with E-state index in [9.17, 15) is 0 Å². The van der Waals surface area contributed by atoms with Crippen LogP contribution in [0.4, 0.5) is 5.69 Å². The minimum absolute atomic E-state index is 0.339. The van der Waals surface area contributed by atoms with E-state index in [1.807, 2.05) is 6.20 Å². The lowest BCUT2D eigenvalue weighted by molar-refractivity contribution is 0.656. The van der Waals surface area contributed by atoms with Gasteiger partial charge in [-0.2, -0.15) is 0 Å². The molecule has 2 rings (SSSR count). The molecule has 20 heavy (non-hydrogen) atoms. The second-order valence-electron chi connectivity index (χ2n) is 5.59. The molecular weight excluding hydrogens is 248 g/mol. The Morgan fingerprint density at radius 2 is 2.25 bits per heavy atom. The highest BCUT2D eigenvalue weighted by Gasteiger charge is 2.22. The summed E-state index contributed by atoms with van der Waals surface area (Å²) in [5.41, 5.74) is 2.12. The molecule has 0 amide bonds. The van der Waals surface area contributed by atoms with Gasteiger partial charge < -0.3 is 10.2 Å². The Morgan fingerprint density at radius 3 is 2.80 bits per heavy atom. The molecule has 1 saturated carbocycles. The van der Waals surface area contributed by atoms with E-state index >= 15 is 0 Å². The first-order chi connectivity index (χ1) is 9.65. The standard InChI is InChI=1S/C16H24N4/c1-5-9-20(6-2)15-11-18-16(12(3)4)19-14(15)10-17-13-7-8-13/h1,11-13,17H,6-10H2,2-4H3. The van der Waals surface area contributed by atoms with Crippen molar-refractivity contribution < 1.29 is 0 Å². The van der Waals surface area contributed by atoms with E-state index in [4.69, 9.17) is 11.4 Å². The van der Waals surface area contributed by atoms with E-state index in [1.165, 1.54) is 12.8 Å². The van der Waals surface area contributed by atoms with Crippen LogP contribution in [0.3, 0.4) is 0 Å². The lowest BCUT2D eigenvalue weighted by atomic mass is 10.2. The summed E-state index contributed by atoms with van der Waals surface area (Å²) >= 11 is 0. The molecule has 4 nitrogen and oxygen atoms in total. The van der Waals surface area contributed by atoms with Gasteiger partial charge in [-0.25, -0.2) is 9.97 Å². The zero-order valence-corrected chi connectivity index (χ0v) is 12.7. The number of nitrogens with zero attached hydrogens (tertiary/aromatic N) is 3. The number of nitrogens with one attached hydrogen (secondary N) is 1. The highest BCUT2D eigenvalue weighted by Crippen LogP contribution is 2.23. The largest absolute Gasteiger partial charge is 0.358 e. The van der Waals surface area contributed by atoms with Crippen molar-refractivity contribution in [1.29, 1.82) is 0 Å². The fourth-order valence-electron chi connectivity index (χ4n) is 2.10. The highest BCUT2D eigenvalue weighted by molar-refractivity contribution is 5.50. The average molecular weight is 272 g/mol. The number of anilines is 1. The van der Waals surface area contributed by atoms with Gasteiger partial charge in [0.2, 0.25) is 0 Å². The van der Waals surface area contributed by atoms with Crippen LogP contribution in [0.5, 0.6) is 0 Å². The smallest absolute Gasteiger partial charge is 0.131 e. The molecule has 1 aliphatic rings. The fourth-order valence-corrected chi connectivity index (χ4v) is 2.10. The van der Waals surface area contributed by atoms with Gasteiger partial charge in [0, 0.05) is 25.0 Å². The van der Waals surface area contributed by atoms with E-state index in [2.05, 4.69) is 41.9 Å². The molecule has 108 valence electrons. The summed E-state index contributed by atoms with van der Waals surface area (Å²) in [6.45, 7) is 8.59. The minimum Gasteiger partial charge on any atom is -0.358 e. The van der Waals surface area contributed by atoms with Crippen molar-refractivity contribution in [1.82, 2.24) is 15.3 Å². The fraction of sp³-hybridized carbons (Fsp3) is 0.625. The summed E-state index contributed by atoms with van der Waals surface area (Å²) in [5, 5.41) is 3.53. The van der Waals surface area contributed by atoms with E-state index in [1.54, 1.807) is 0 Å². The molecular formula is C16H24N4. The molecule has 1 N–H and O–H groups in total. The molecule has 1 heterocycles. The summed E-state index contributed by atoms with van der Waals surface area (Å²) in [4.78, 5) is 11.4. The molecule has 0 spiro atoms. The molecule has 1 aromatic rings. The van der Waals surface area contributed by atoms with E-state index < -0.39 is 0 Å². The third-order valence-electron chi connectivity index (χ3n) is 3.52. The Hall–Kier alpha value is -1.60. The van der Waals surface area contributed by atoms with E-state index in [0.717, 1.165) is 30.3 Å². The molecule has 4 heteroatoms. The van der Waals surface area contributed by atoms with Crippen LogP contribution in [0.15, 0.2) is 6.20 Å². The maximum absolute atomic E-state index is 5.45. The van der Waals surface area contributed by atoms with Gasteiger partial charge in [-0.15, -0.1) is 6.42 Å². The van der Waals surface area contributed by atoms with Gasteiger partial charge in [0.1, 0.15) is 5.82 Å². The summed E-state index contributed by atoms with van der Waals surface area (Å²) in [5.74, 6) is 3.95. The third kappa shape index (κ3) is 3.71.